The number of carboxylic acids is 1. The molecule has 0 unspecified atom stereocenters. The summed E-state index contributed by atoms with van der Waals surface area (Å²) in [4.78, 5) is 57.8. The summed E-state index contributed by atoms with van der Waals surface area (Å²) in [7, 11) is 1.65. The molecule has 8 atom stereocenters. The molecule has 4 rings (SSSR count). The zero-order valence-electron chi connectivity index (χ0n) is 21.6. The summed E-state index contributed by atoms with van der Waals surface area (Å²) in [5.74, 6) is -2.79. The van der Waals surface area contributed by atoms with Crippen molar-refractivity contribution in [2.75, 3.05) is 33.2 Å². The number of thioether (sulfide) groups is 1. The minimum atomic E-state index is -1.17. The molecular formula is C23H36N8O6S. The number of nitrogens with zero attached hydrogens (tertiary/aromatic N) is 3. The summed E-state index contributed by atoms with van der Waals surface area (Å²) in [6.07, 6.45) is -0.388. The molecule has 3 fully saturated rings. The lowest BCUT2D eigenvalue weighted by Gasteiger charge is -2.47. The molecule has 210 valence electrons. The average molecular weight is 553 g/mol. The third-order valence-electron chi connectivity index (χ3n) is 7.62. The number of nitrogens with two attached hydrogens (primary N) is 2. The summed E-state index contributed by atoms with van der Waals surface area (Å²) in [6.45, 7) is 4.60. The second-order valence-corrected chi connectivity index (χ2v) is 11.6. The molecule has 0 aromatic carbocycles. The first-order chi connectivity index (χ1) is 17.9. The van der Waals surface area contributed by atoms with Crippen molar-refractivity contribution < 1.29 is 29.4 Å². The van der Waals surface area contributed by atoms with E-state index in [0.717, 1.165) is 0 Å². The molecule has 0 bridgehead atoms. The van der Waals surface area contributed by atoms with Crippen molar-refractivity contribution >= 4 is 41.4 Å². The fraction of sp³-hybridized carbons (Fsp3) is 0.696. The molecule has 15 heteroatoms. The van der Waals surface area contributed by atoms with Gasteiger partial charge in [-0.15, -0.1) is 11.8 Å². The van der Waals surface area contributed by atoms with Crippen LogP contribution in [0, 0.1) is 11.8 Å². The molecule has 0 aromatic rings. The molecule has 14 nitrogen and oxygen atoms in total. The van der Waals surface area contributed by atoms with Crippen LogP contribution in [0.3, 0.4) is 0 Å². The largest absolute Gasteiger partial charge is 0.477 e. The normalized spacial score (nSPS) is 33.2. The molecule has 0 radical (unpaired) electrons. The summed E-state index contributed by atoms with van der Waals surface area (Å²) >= 11 is 1.39. The maximum atomic E-state index is 13.1. The van der Waals surface area contributed by atoms with E-state index in [1.165, 1.54) is 21.6 Å². The number of guanidine groups is 1. The molecule has 4 heterocycles. The SMILES string of the molecule is CNCC(=O)N[C@H](C)[C@H]1C(=O)N2C(C(=O)O)=C(S[C@@H]3CN[C@H](C(=O)N4C[C@@H](O)[C@H](N=C(N)N)C4)C3)[C@H](C)[C@H]12. The van der Waals surface area contributed by atoms with Crippen LogP contribution in [-0.2, 0) is 19.2 Å². The molecule has 0 saturated carbocycles. The number of aliphatic imine (C=N–C) groups is 1. The van der Waals surface area contributed by atoms with Crippen LogP contribution in [0.2, 0.25) is 0 Å². The van der Waals surface area contributed by atoms with Crippen LogP contribution in [0.1, 0.15) is 20.3 Å². The van der Waals surface area contributed by atoms with Crippen molar-refractivity contribution in [1.29, 1.82) is 0 Å². The standard InChI is InChI=1S/C23H36N8O6S/c1-9-17-16(10(2)28-15(33)6-26-3)21(35)31(17)18(22(36)37)19(9)38-11-4-12(27-5-11)20(34)30-7-13(14(32)8-30)29-23(24)25/h9-14,16-17,26-27,32H,4-8H2,1-3H3,(H,28,33)(H,36,37)(H4,24,25,29)/t9-,10-,11+,12+,13-,14-,16-,17-/m1/s1. The quantitative estimate of drug-likeness (QED) is 0.0858. The molecule has 0 aromatic heterocycles. The molecule has 4 aliphatic rings. The number of nitrogens with one attached hydrogen (secondary N) is 3. The van der Waals surface area contributed by atoms with Crippen LogP contribution in [-0.4, -0.2) is 118 Å². The van der Waals surface area contributed by atoms with Gasteiger partial charge in [0, 0.05) is 41.7 Å². The van der Waals surface area contributed by atoms with Crippen molar-refractivity contribution in [3.63, 3.8) is 0 Å². The Kier molecular flexibility index (Phi) is 8.20. The number of likely N-dealkylation sites (tertiary alicyclic amines) is 1. The van der Waals surface area contributed by atoms with Crippen LogP contribution in [0.5, 0.6) is 0 Å². The zero-order chi connectivity index (χ0) is 27.9. The van der Waals surface area contributed by atoms with Crippen LogP contribution in [0.4, 0.5) is 0 Å². The first kappa shape index (κ1) is 28.1. The Hall–Kier alpha value is -2.88. The molecule has 38 heavy (non-hydrogen) atoms. The number of aliphatic carboxylic acids is 1. The Morgan fingerprint density at radius 3 is 2.63 bits per heavy atom. The second kappa shape index (κ2) is 11.1. The van der Waals surface area contributed by atoms with Crippen molar-refractivity contribution in [2.45, 2.75) is 55.8 Å². The minimum absolute atomic E-state index is 0.0139. The first-order valence-electron chi connectivity index (χ1n) is 12.6. The van der Waals surface area contributed by atoms with Gasteiger partial charge in [-0.2, -0.15) is 0 Å². The van der Waals surface area contributed by atoms with Gasteiger partial charge in [0.1, 0.15) is 5.70 Å². The Balaban J connectivity index is 1.41. The molecule has 9 N–H and O–H groups in total. The van der Waals surface area contributed by atoms with E-state index >= 15 is 0 Å². The lowest BCUT2D eigenvalue weighted by Crippen LogP contribution is -2.66. The number of carbonyl (C=O) groups is 4. The first-order valence-corrected chi connectivity index (χ1v) is 13.5. The summed E-state index contributed by atoms with van der Waals surface area (Å²) in [5.41, 5.74) is 10.8. The maximum Gasteiger partial charge on any atom is 0.353 e. The molecule has 3 amide bonds. The number of carbonyl (C=O) groups excluding carboxylic acids is 3. The smallest absolute Gasteiger partial charge is 0.353 e. The van der Waals surface area contributed by atoms with Gasteiger partial charge in [-0.1, -0.05) is 6.92 Å². The average Bonchev–Trinajstić information content (AvgIpc) is 3.50. The minimum Gasteiger partial charge on any atom is -0.477 e. The lowest BCUT2D eigenvalue weighted by molar-refractivity contribution is -0.158. The van der Waals surface area contributed by atoms with Crippen LogP contribution >= 0.6 is 11.8 Å². The van der Waals surface area contributed by atoms with Gasteiger partial charge in [-0.25, -0.2) is 9.79 Å². The van der Waals surface area contributed by atoms with Gasteiger partial charge in [-0.05, 0) is 20.4 Å². The third-order valence-corrected chi connectivity index (χ3v) is 9.14. The summed E-state index contributed by atoms with van der Waals surface area (Å²) in [6, 6.07) is -1.86. The summed E-state index contributed by atoms with van der Waals surface area (Å²) in [5, 5.41) is 28.9. The molecular weight excluding hydrogens is 516 g/mol. The lowest BCUT2D eigenvalue weighted by atomic mass is 9.78. The number of fused-ring (bicyclic) bond motifs is 1. The van der Waals surface area contributed by atoms with Crippen molar-refractivity contribution in [1.82, 2.24) is 25.8 Å². The highest BCUT2D eigenvalue weighted by molar-refractivity contribution is 8.03. The number of hydrogen-bond acceptors (Lipinski definition) is 9. The number of hydrogen-bond donors (Lipinski definition) is 7. The highest BCUT2D eigenvalue weighted by Crippen LogP contribution is 2.51. The Morgan fingerprint density at radius 1 is 1.29 bits per heavy atom. The predicted octanol–water partition coefficient (Wildman–Crippen LogP) is -3.21. The highest BCUT2D eigenvalue weighted by atomic mass is 32.2. The Labute approximate surface area is 224 Å². The fourth-order valence-corrected chi connectivity index (χ4v) is 7.38. The van der Waals surface area contributed by atoms with E-state index in [4.69, 9.17) is 11.5 Å². The van der Waals surface area contributed by atoms with Gasteiger partial charge in [0.05, 0.1) is 36.7 Å². The Bertz CT molecular complexity index is 1060. The molecule has 0 aliphatic carbocycles. The van der Waals surface area contributed by atoms with Gasteiger partial charge >= 0.3 is 5.97 Å². The number of aliphatic hydroxyl groups is 1. The Morgan fingerprint density at radius 2 is 2.00 bits per heavy atom. The molecule has 3 saturated heterocycles. The van der Waals surface area contributed by atoms with Crippen molar-refractivity contribution in [3.8, 4) is 0 Å². The number of amides is 3. The highest BCUT2D eigenvalue weighted by Gasteiger charge is 2.60. The van der Waals surface area contributed by atoms with E-state index in [1.807, 2.05) is 6.92 Å². The van der Waals surface area contributed by atoms with E-state index in [-0.39, 0.29) is 66.2 Å². The van der Waals surface area contributed by atoms with E-state index in [9.17, 15) is 29.4 Å². The van der Waals surface area contributed by atoms with Crippen molar-refractivity contribution in [2.24, 2.45) is 28.3 Å². The van der Waals surface area contributed by atoms with Crippen molar-refractivity contribution in [3.05, 3.63) is 10.6 Å². The molecule has 4 aliphatic heterocycles. The maximum absolute atomic E-state index is 13.1. The van der Waals surface area contributed by atoms with Crippen LogP contribution in [0.15, 0.2) is 15.6 Å². The van der Waals surface area contributed by atoms with Crippen LogP contribution < -0.4 is 27.4 Å². The number of β-amino-alcohol motifs (C(OH)–C–C–N with tert-alkyl or cyclic N) is 1. The summed E-state index contributed by atoms with van der Waals surface area (Å²) < 4.78 is 0. The van der Waals surface area contributed by atoms with E-state index in [2.05, 4.69) is 20.9 Å². The van der Waals surface area contributed by atoms with Gasteiger partial charge < -0.3 is 47.4 Å². The molecule has 0 spiro atoms. The number of aliphatic hydroxyl groups excluding tert-OH is 1. The predicted molar refractivity (Wildman–Crippen MR) is 139 cm³/mol. The van der Waals surface area contributed by atoms with Gasteiger partial charge in [0.2, 0.25) is 17.7 Å². The number of likely N-dealkylation sites (N-methyl/N-ethyl adjacent to an activating group) is 1. The monoisotopic (exact) mass is 552 g/mol. The van der Waals surface area contributed by atoms with Gasteiger partial charge in [0.25, 0.3) is 0 Å². The number of β-lactam (4-membered cyclic amide) rings is 1. The van der Waals surface area contributed by atoms with Gasteiger partial charge in [0.15, 0.2) is 5.96 Å². The topological polar surface area (TPSA) is 216 Å². The van der Waals surface area contributed by atoms with E-state index in [1.54, 1.807) is 14.0 Å². The van der Waals surface area contributed by atoms with Gasteiger partial charge in [-0.3, -0.25) is 14.4 Å². The van der Waals surface area contributed by atoms with Crippen LogP contribution in [0.25, 0.3) is 0 Å². The second-order valence-electron chi connectivity index (χ2n) is 10.3. The van der Waals surface area contributed by atoms with E-state index < -0.39 is 36.1 Å². The van der Waals surface area contributed by atoms with E-state index in [0.29, 0.717) is 17.9 Å². The fourth-order valence-electron chi connectivity index (χ4n) is 5.90. The number of carboxylic acid groups (broad SMARTS) is 1. The zero-order valence-corrected chi connectivity index (χ0v) is 22.4. The number of rotatable bonds is 9. The third kappa shape index (κ3) is 5.19.